The fourth-order valence-electron chi connectivity index (χ4n) is 2.90. The number of rotatable bonds is 9. The molecule has 154 valence electrons. The molecule has 0 aliphatic rings. The monoisotopic (exact) mass is 433 g/mol. The van der Waals surface area contributed by atoms with Crippen LogP contribution in [0.25, 0.3) is 11.0 Å². The van der Waals surface area contributed by atoms with Crippen molar-refractivity contribution in [1.29, 1.82) is 0 Å². The quantitative estimate of drug-likeness (QED) is 0.411. The number of benzene rings is 2. The van der Waals surface area contributed by atoms with Gasteiger partial charge in [-0.25, -0.2) is 13.4 Å². The van der Waals surface area contributed by atoms with E-state index in [1.54, 1.807) is 31.4 Å². The molecule has 1 N–H and O–H groups in total. The normalized spacial score (nSPS) is 12.8. The minimum atomic E-state index is -3.35. The van der Waals surface area contributed by atoms with Crippen LogP contribution in [0.4, 0.5) is 5.69 Å². The lowest BCUT2D eigenvalue weighted by atomic mass is 10.1. The Balaban J connectivity index is 1.79. The number of nitrogens with one attached hydrogen (secondary N) is 1. The van der Waals surface area contributed by atoms with E-state index in [0.717, 1.165) is 22.4 Å². The number of ketones is 1. The molecule has 3 aromatic rings. The molecule has 0 saturated heterocycles. The highest BCUT2D eigenvalue weighted by atomic mass is 32.2. The number of sulfonamides is 1. The number of para-hydroxylation sites is 2. The van der Waals surface area contributed by atoms with Crippen molar-refractivity contribution in [2.45, 2.75) is 23.9 Å². The molecule has 29 heavy (non-hydrogen) atoms. The Morgan fingerprint density at radius 1 is 1.21 bits per heavy atom. The largest absolute Gasteiger partial charge is 0.383 e. The van der Waals surface area contributed by atoms with E-state index in [4.69, 9.17) is 4.74 Å². The first-order valence-electron chi connectivity index (χ1n) is 9.01. The molecule has 1 heterocycles. The molecular formula is C20H23N3O4S2. The van der Waals surface area contributed by atoms with Gasteiger partial charge in [0.2, 0.25) is 10.0 Å². The number of anilines is 1. The number of ether oxygens (including phenoxy) is 1. The molecule has 2 aromatic carbocycles. The summed E-state index contributed by atoms with van der Waals surface area (Å²) in [4.78, 5) is 17.5. The molecule has 0 fully saturated rings. The van der Waals surface area contributed by atoms with Crippen LogP contribution in [-0.4, -0.2) is 49.0 Å². The molecule has 3 rings (SSSR count). The summed E-state index contributed by atoms with van der Waals surface area (Å²) in [5.74, 6) is -0.0498. The summed E-state index contributed by atoms with van der Waals surface area (Å²) in [7, 11) is -1.70. The first-order chi connectivity index (χ1) is 13.8. The second-order valence-electron chi connectivity index (χ2n) is 6.60. The van der Waals surface area contributed by atoms with E-state index >= 15 is 0 Å². The number of aromatic nitrogens is 2. The van der Waals surface area contributed by atoms with Crippen LogP contribution in [-0.2, 0) is 21.3 Å². The van der Waals surface area contributed by atoms with Gasteiger partial charge in [0.05, 0.1) is 29.1 Å². The maximum absolute atomic E-state index is 12.9. The molecule has 0 amide bonds. The van der Waals surface area contributed by atoms with Gasteiger partial charge in [-0.3, -0.25) is 9.52 Å². The van der Waals surface area contributed by atoms with E-state index in [0.29, 0.717) is 24.4 Å². The summed E-state index contributed by atoms with van der Waals surface area (Å²) in [6, 6.07) is 14.3. The molecule has 0 aliphatic carbocycles. The van der Waals surface area contributed by atoms with Crippen molar-refractivity contribution in [3.05, 3.63) is 54.1 Å². The summed E-state index contributed by atoms with van der Waals surface area (Å²) in [5, 5.41) is 0.404. The Morgan fingerprint density at radius 2 is 1.90 bits per heavy atom. The van der Waals surface area contributed by atoms with Crippen LogP contribution in [0.2, 0.25) is 0 Å². The Labute approximate surface area is 174 Å². The van der Waals surface area contributed by atoms with Crippen LogP contribution in [0.15, 0.2) is 53.7 Å². The Hall–Kier alpha value is -2.36. The van der Waals surface area contributed by atoms with Crippen LogP contribution in [0.3, 0.4) is 0 Å². The van der Waals surface area contributed by atoms with Gasteiger partial charge in [-0.05, 0) is 43.3 Å². The summed E-state index contributed by atoms with van der Waals surface area (Å²) in [6.07, 6.45) is 1.08. The molecule has 0 unspecified atom stereocenters. The van der Waals surface area contributed by atoms with E-state index in [-0.39, 0.29) is 11.0 Å². The smallest absolute Gasteiger partial charge is 0.229 e. The van der Waals surface area contributed by atoms with Crippen LogP contribution in [0.5, 0.6) is 0 Å². The van der Waals surface area contributed by atoms with Gasteiger partial charge in [-0.2, -0.15) is 0 Å². The standard InChI is InChI=1S/C20H23N3O4S2/c1-14(19(24)15-8-10-16(11-9-15)22-29(3,25)26)28-20-21-17-6-4-5-7-18(17)23(20)12-13-27-2/h4-11,14,22H,12-13H2,1-3H3/t14-/m1/s1. The van der Waals surface area contributed by atoms with Crippen LogP contribution in [0.1, 0.15) is 17.3 Å². The Kier molecular flexibility index (Phi) is 6.61. The van der Waals surface area contributed by atoms with Crippen molar-refractivity contribution in [2.75, 3.05) is 24.7 Å². The fraction of sp³-hybridized carbons (Fsp3) is 0.300. The zero-order valence-electron chi connectivity index (χ0n) is 16.5. The lowest BCUT2D eigenvalue weighted by Gasteiger charge is -2.13. The number of fused-ring (bicyclic) bond motifs is 1. The topological polar surface area (TPSA) is 90.3 Å². The number of hydrogen-bond donors (Lipinski definition) is 1. The lowest BCUT2D eigenvalue weighted by Crippen LogP contribution is -2.15. The number of carbonyl (C=O) groups is 1. The number of nitrogens with zero attached hydrogens (tertiary/aromatic N) is 2. The number of Topliss-reactive ketones (excluding diaryl/α,β-unsaturated/α-hetero) is 1. The van der Waals surface area contributed by atoms with Crippen molar-refractivity contribution in [3.8, 4) is 0 Å². The minimum absolute atomic E-state index is 0.0498. The Bertz CT molecular complexity index is 1110. The predicted octanol–water partition coefficient (Wildman–Crippen LogP) is 3.42. The number of hydrogen-bond acceptors (Lipinski definition) is 6. The third-order valence-electron chi connectivity index (χ3n) is 4.26. The molecule has 1 aromatic heterocycles. The van der Waals surface area contributed by atoms with Crippen molar-refractivity contribution >= 4 is 44.3 Å². The van der Waals surface area contributed by atoms with Gasteiger partial charge < -0.3 is 9.30 Å². The number of imidazole rings is 1. The fourth-order valence-corrected chi connectivity index (χ4v) is 4.50. The predicted molar refractivity (Wildman–Crippen MR) is 116 cm³/mol. The highest BCUT2D eigenvalue weighted by Gasteiger charge is 2.20. The van der Waals surface area contributed by atoms with Gasteiger partial charge in [-0.1, -0.05) is 23.9 Å². The molecule has 0 spiro atoms. The average molecular weight is 434 g/mol. The van der Waals surface area contributed by atoms with Gasteiger partial charge in [0.15, 0.2) is 10.9 Å². The van der Waals surface area contributed by atoms with Gasteiger partial charge in [-0.15, -0.1) is 0 Å². The summed E-state index contributed by atoms with van der Waals surface area (Å²) < 4.78 is 32.3. The molecule has 7 nitrogen and oxygen atoms in total. The van der Waals surface area contributed by atoms with Gasteiger partial charge >= 0.3 is 0 Å². The maximum atomic E-state index is 12.9. The van der Waals surface area contributed by atoms with Crippen LogP contribution < -0.4 is 4.72 Å². The third kappa shape index (κ3) is 5.37. The van der Waals surface area contributed by atoms with E-state index in [1.165, 1.54) is 11.8 Å². The SMILES string of the molecule is COCCn1c(S[C@H](C)C(=O)c2ccc(NS(C)(=O)=O)cc2)nc2ccccc21. The first kappa shape index (κ1) is 21.4. The molecule has 0 radical (unpaired) electrons. The van der Waals surface area contributed by atoms with Crippen molar-refractivity contribution in [2.24, 2.45) is 0 Å². The highest BCUT2D eigenvalue weighted by Crippen LogP contribution is 2.29. The van der Waals surface area contributed by atoms with E-state index < -0.39 is 10.0 Å². The van der Waals surface area contributed by atoms with Gasteiger partial charge in [0.1, 0.15) is 0 Å². The zero-order valence-corrected chi connectivity index (χ0v) is 18.1. The van der Waals surface area contributed by atoms with Crippen LogP contribution in [0, 0.1) is 0 Å². The second-order valence-corrected chi connectivity index (χ2v) is 9.66. The number of carbonyl (C=O) groups excluding carboxylic acids is 1. The molecule has 0 bridgehead atoms. The second kappa shape index (κ2) is 8.98. The molecule has 0 aliphatic heterocycles. The summed E-state index contributed by atoms with van der Waals surface area (Å²) in [5.41, 5.74) is 2.82. The van der Waals surface area contributed by atoms with Crippen molar-refractivity contribution < 1.29 is 17.9 Å². The van der Waals surface area contributed by atoms with Crippen LogP contribution >= 0.6 is 11.8 Å². The molecular weight excluding hydrogens is 410 g/mol. The first-order valence-corrected chi connectivity index (χ1v) is 11.8. The lowest BCUT2D eigenvalue weighted by molar-refractivity contribution is 0.0994. The van der Waals surface area contributed by atoms with Crippen molar-refractivity contribution in [1.82, 2.24) is 9.55 Å². The van der Waals surface area contributed by atoms with Crippen molar-refractivity contribution in [3.63, 3.8) is 0 Å². The number of thioether (sulfide) groups is 1. The van der Waals surface area contributed by atoms with E-state index in [2.05, 4.69) is 14.3 Å². The molecule has 9 heteroatoms. The number of methoxy groups -OCH3 is 1. The summed E-state index contributed by atoms with van der Waals surface area (Å²) in [6.45, 7) is 3.03. The average Bonchev–Trinajstić information content (AvgIpc) is 3.02. The molecule has 1 atom stereocenters. The molecule has 0 saturated carbocycles. The van der Waals surface area contributed by atoms with E-state index in [1.807, 2.05) is 31.2 Å². The maximum Gasteiger partial charge on any atom is 0.229 e. The minimum Gasteiger partial charge on any atom is -0.383 e. The Morgan fingerprint density at radius 3 is 2.55 bits per heavy atom. The van der Waals surface area contributed by atoms with Gasteiger partial charge in [0, 0.05) is 24.9 Å². The third-order valence-corrected chi connectivity index (χ3v) is 5.96. The van der Waals surface area contributed by atoms with Gasteiger partial charge in [0.25, 0.3) is 0 Å². The van der Waals surface area contributed by atoms with E-state index in [9.17, 15) is 13.2 Å². The zero-order chi connectivity index (χ0) is 21.0. The summed E-state index contributed by atoms with van der Waals surface area (Å²) >= 11 is 1.40. The highest BCUT2D eigenvalue weighted by molar-refractivity contribution is 8.00.